The molecule has 13 heteroatoms. The van der Waals surface area contributed by atoms with Crippen LogP contribution in [0.3, 0.4) is 0 Å². The highest BCUT2D eigenvalue weighted by Crippen LogP contribution is 2.44. The van der Waals surface area contributed by atoms with Gasteiger partial charge in [0, 0.05) is 17.7 Å². The first-order chi connectivity index (χ1) is 19.0. The zero-order chi connectivity index (χ0) is 28.9. The Bertz CT molecular complexity index is 1420. The van der Waals surface area contributed by atoms with Crippen molar-refractivity contribution in [3.63, 3.8) is 0 Å². The van der Waals surface area contributed by atoms with Gasteiger partial charge in [-0.15, -0.1) is 0 Å². The van der Waals surface area contributed by atoms with Crippen molar-refractivity contribution in [2.75, 3.05) is 13.7 Å². The molecule has 0 radical (unpaired) electrons. The van der Waals surface area contributed by atoms with Crippen LogP contribution < -0.4 is 10.2 Å². The molecular weight excluding hydrogens is 532 g/mol. The lowest BCUT2D eigenvalue weighted by Gasteiger charge is -2.44. The molecule has 0 spiro atoms. The number of benzene rings is 2. The topological polar surface area (TPSA) is 209 Å². The van der Waals surface area contributed by atoms with E-state index < -0.39 is 66.3 Å². The molecule has 5 rings (SSSR count). The second kappa shape index (κ2) is 11.0. The van der Waals surface area contributed by atoms with Crippen LogP contribution in [0.25, 0.3) is 22.3 Å². The molecule has 2 aliphatic rings. The van der Waals surface area contributed by atoms with Crippen LogP contribution in [0.5, 0.6) is 17.2 Å². The number of hydrogen-bond donors (Lipinski definition) is 7. The summed E-state index contributed by atoms with van der Waals surface area (Å²) < 4.78 is 28.8. The molecule has 2 fully saturated rings. The van der Waals surface area contributed by atoms with E-state index >= 15 is 0 Å². The molecular formula is C27H30O13. The highest BCUT2D eigenvalue weighted by Gasteiger charge is 2.49. The van der Waals surface area contributed by atoms with Crippen molar-refractivity contribution >= 4 is 11.0 Å². The van der Waals surface area contributed by atoms with Crippen LogP contribution in [0, 0.1) is 0 Å². The fourth-order valence-corrected chi connectivity index (χ4v) is 4.99. The summed E-state index contributed by atoms with van der Waals surface area (Å²) >= 11 is 0. The molecule has 216 valence electrons. The van der Waals surface area contributed by atoms with E-state index in [4.69, 9.17) is 23.4 Å². The fraction of sp³-hybridized carbons (Fsp3) is 0.444. The van der Waals surface area contributed by atoms with Gasteiger partial charge in [-0.2, -0.15) is 0 Å². The Morgan fingerprint density at radius 1 is 0.925 bits per heavy atom. The molecule has 9 unspecified atom stereocenters. The minimum atomic E-state index is -1.73. The Balaban J connectivity index is 1.66. The molecule has 0 amide bonds. The number of phenolic OH excluding ortho intramolecular Hbond substituents is 2. The van der Waals surface area contributed by atoms with Crippen molar-refractivity contribution in [2.24, 2.45) is 0 Å². The van der Waals surface area contributed by atoms with E-state index in [1.807, 2.05) is 0 Å². The lowest BCUT2D eigenvalue weighted by Crippen LogP contribution is -2.60. The maximum Gasteiger partial charge on any atom is 0.197 e. The van der Waals surface area contributed by atoms with Crippen LogP contribution in [0.1, 0.15) is 18.6 Å². The molecule has 3 heterocycles. The van der Waals surface area contributed by atoms with Gasteiger partial charge in [0.1, 0.15) is 71.1 Å². The van der Waals surface area contributed by atoms with Crippen LogP contribution in [0.4, 0.5) is 0 Å². The molecule has 1 aromatic heterocycles. The second-order valence-corrected chi connectivity index (χ2v) is 9.83. The number of methoxy groups -OCH3 is 1. The molecule has 0 aliphatic carbocycles. The third kappa shape index (κ3) is 4.91. The minimum Gasteiger partial charge on any atom is -0.508 e. The van der Waals surface area contributed by atoms with E-state index in [-0.39, 0.29) is 40.4 Å². The number of aromatic hydroxyl groups is 2. The Hall–Kier alpha value is -3.27. The van der Waals surface area contributed by atoms with Crippen LogP contribution >= 0.6 is 0 Å². The summed E-state index contributed by atoms with van der Waals surface area (Å²) in [5, 5.41) is 72.3. The molecule has 2 saturated heterocycles. The largest absolute Gasteiger partial charge is 0.508 e. The molecule has 0 saturated carbocycles. The molecule has 40 heavy (non-hydrogen) atoms. The van der Waals surface area contributed by atoms with Crippen molar-refractivity contribution < 1.29 is 59.1 Å². The van der Waals surface area contributed by atoms with Crippen LogP contribution in [0.15, 0.2) is 45.6 Å². The van der Waals surface area contributed by atoms with Gasteiger partial charge in [0.25, 0.3) is 0 Å². The lowest BCUT2D eigenvalue weighted by molar-refractivity contribution is -0.331. The third-order valence-electron chi connectivity index (χ3n) is 7.21. The number of aliphatic hydroxyl groups excluding tert-OH is 5. The first-order valence-electron chi connectivity index (χ1n) is 12.5. The van der Waals surface area contributed by atoms with Gasteiger partial charge in [0.05, 0.1) is 25.4 Å². The second-order valence-electron chi connectivity index (χ2n) is 9.83. The monoisotopic (exact) mass is 562 g/mol. The lowest BCUT2D eigenvalue weighted by atomic mass is 9.91. The van der Waals surface area contributed by atoms with Gasteiger partial charge in [-0.05, 0) is 31.2 Å². The van der Waals surface area contributed by atoms with Crippen LogP contribution in [-0.4, -0.2) is 98.5 Å². The average molecular weight is 563 g/mol. The van der Waals surface area contributed by atoms with Crippen molar-refractivity contribution in [1.82, 2.24) is 0 Å². The highest BCUT2D eigenvalue weighted by molar-refractivity contribution is 5.89. The molecule has 2 aromatic carbocycles. The number of rotatable bonds is 5. The van der Waals surface area contributed by atoms with Gasteiger partial charge >= 0.3 is 0 Å². The Kier molecular flexibility index (Phi) is 7.74. The molecule has 7 N–H and O–H groups in total. The zero-order valence-electron chi connectivity index (χ0n) is 21.4. The van der Waals surface area contributed by atoms with Gasteiger partial charge in [-0.1, -0.05) is 0 Å². The molecule has 13 nitrogen and oxygen atoms in total. The summed E-state index contributed by atoms with van der Waals surface area (Å²) in [7, 11) is 1.30. The van der Waals surface area contributed by atoms with E-state index in [0.717, 1.165) is 0 Å². The molecule has 2 aliphatic heterocycles. The smallest absolute Gasteiger partial charge is 0.197 e. The van der Waals surface area contributed by atoms with Gasteiger partial charge in [-0.3, -0.25) is 4.79 Å². The summed E-state index contributed by atoms with van der Waals surface area (Å²) in [5.74, 6) is -0.383. The highest BCUT2D eigenvalue weighted by atomic mass is 16.7. The molecule has 0 bridgehead atoms. The first kappa shape index (κ1) is 28.3. The Morgan fingerprint density at radius 2 is 1.62 bits per heavy atom. The van der Waals surface area contributed by atoms with E-state index in [1.54, 1.807) is 0 Å². The van der Waals surface area contributed by atoms with Crippen LogP contribution in [0.2, 0.25) is 0 Å². The van der Waals surface area contributed by atoms with E-state index in [1.165, 1.54) is 50.4 Å². The van der Waals surface area contributed by atoms with E-state index in [9.17, 15) is 40.5 Å². The summed E-state index contributed by atoms with van der Waals surface area (Å²) in [6.45, 7) is 1.08. The fourth-order valence-electron chi connectivity index (χ4n) is 4.99. The average Bonchev–Trinajstić information content (AvgIpc) is 2.93. The van der Waals surface area contributed by atoms with Gasteiger partial charge in [0.2, 0.25) is 0 Å². The van der Waals surface area contributed by atoms with Gasteiger partial charge in [0.15, 0.2) is 17.3 Å². The summed E-state index contributed by atoms with van der Waals surface area (Å²) in [4.78, 5) is 13.2. The number of ether oxygens (including phenoxy) is 4. The minimum absolute atomic E-state index is 0.00546. The standard InChI is InChI=1S/C27H30O13/c1-10-20(32)22(34)23(35)27(38-10)40-26-21(33)15(31)9-37-25(26)19-17(36-2)8-14(30)18-13(29)7-16(39-24(18)19)11-3-5-12(28)6-4-11/h3-8,10,15,20-23,25-28,30-35H,9H2,1-2H3. The zero-order valence-corrected chi connectivity index (χ0v) is 21.4. The summed E-state index contributed by atoms with van der Waals surface area (Å²) in [6, 6.07) is 8.17. The third-order valence-corrected chi connectivity index (χ3v) is 7.21. The SMILES string of the molecule is COc1cc(O)c2c(=O)cc(-c3ccc(O)cc3)oc2c1C1OCC(O)C(O)C1OC1OC(C)C(O)C(O)C1O. The number of phenols is 2. The van der Waals surface area contributed by atoms with Crippen LogP contribution in [-0.2, 0) is 14.2 Å². The van der Waals surface area contributed by atoms with E-state index in [2.05, 4.69) is 0 Å². The summed E-state index contributed by atoms with van der Waals surface area (Å²) in [6.07, 6.45) is -13.1. The maximum atomic E-state index is 13.2. The predicted octanol–water partition coefficient (Wildman–Crippen LogP) is -0.114. The number of fused-ring (bicyclic) bond motifs is 1. The van der Waals surface area contributed by atoms with Crippen molar-refractivity contribution in [3.8, 4) is 28.6 Å². The van der Waals surface area contributed by atoms with Crippen molar-refractivity contribution in [1.29, 1.82) is 0 Å². The predicted molar refractivity (Wildman–Crippen MR) is 136 cm³/mol. The van der Waals surface area contributed by atoms with E-state index in [0.29, 0.717) is 5.56 Å². The molecule has 9 atom stereocenters. The van der Waals surface area contributed by atoms with Crippen molar-refractivity contribution in [2.45, 2.75) is 62.0 Å². The Morgan fingerprint density at radius 3 is 2.30 bits per heavy atom. The normalized spacial score (nSPS) is 32.7. The number of hydrogen-bond acceptors (Lipinski definition) is 13. The number of aliphatic hydroxyl groups is 5. The molecule has 3 aromatic rings. The quantitative estimate of drug-likeness (QED) is 0.217. The summed E-state index contributed by atoms with van der Waals surface area (Å²) in [5.41, 5.74) is -0.304. The maximum absolute atomic E-state index is 13.2. The Labute approximate surface area is 227 Å². The first-order valence-corrected chi connectivity index (χ1v) is 12.5. The van der Waals surface area contributed by atoms with Crippen molar-refractivity contribution in [3.05, 3.63) is 52.2 Å². The van der Waals surface area contributed by atoms with Gasteiger partial charge < -0.3 is 59.1 Å². The van der Waals surface area contributed by atoms with Gasteiger partial charge in [-0.25, -0.2) is 0 Å².